The van der Waals surface area contributed by atoms with Crippen molar-refractivity contribution in [3.8, 4) is 5.75 Å². The van der Waals surface area contributed by atoms with Crippen LogP contribution in [0.3, 0.4) is 0 Å². The number of hydrogen-bond donors (Lipinski definition) is 2. The number of carbonyl (C=O) groups is 1. The lowest BCUT2D eigenvalue weighted by atomic mass is 9.89. The zero-order chi connectivity index (χ0) is 16.3. The SMILES string of the molecule is COc1ccc(C(F)(F)C(=O)NCC(O)C(C)(C)C)cc1. The number of aliphatic hydroxyl groups excluding tert-OH is 1. The highest BCUT2D eigenvalue weighted by molar-refractivity contribution is 5.84. The Labute approximate surface area is 123 Å². The predicted molar refractivity (Wildman–Crippen MR) is 75.4 cm³/mol. The number of alkyl halides is 2. The lowest BCUT2D eigenvalue weighted by molar-refractivity contribution is -0.147. The molecule has 1 atom stereocenters. The van der Waals surface area contributed by atoms with Crippen molar-refractivity contribution in [2.45, 2.75) is 32.8 Å². The van der Waals surface area contributed by atoms with Crippen molar-refractivity contribution in [2.75, 3.05) is 13.7 Å². The molecule has 2 N–H and O–H groups in total. The molecule has 0 bridgehead atoms. The van der Waals surface area contributed by atoms with Crippen molar-refractivity contribution in [1.82, 2.24) is 5.32 Å². The van der Waals surface area contributed by atoms with Crippen molar-refractivity contribution in [3.63, 3.8) is 0 Å². The fraction of sp³-hybridized carbons (Fsp3) is 0.533. The van der Waals surface area contributed by atoms with Gasteiger partial charge in [-0.3, -0.25) is 4.79 Å². The van der Waals surface area contributed by atoms with Gasteiger partial charge in [0.25, 0.3) is 5.91 Å². The van der Waals surface area contributed by atoms with Crippen molar-refractivity contribution in [1.29, 1.82) is 0 Å². The third kappa shape index (κ3) is 4.39. The normalized spacial score (nSPS) is 13.7. The maximum Gasteiger partial charge on any atom is 0.349 e. The van der Waals surface area contributed by atoms with Gasteiger partial charge in [-0.2, -0.15) is 8.78 Å². The highest BCUT2D eigenvalue weighted by Gasteiger charge is 2.41. The second-order valence-electron chi connectivity index (χ2n) is 5.89. The number of aliphatic hydroxyl groups is 1. The van der Waals surface area contributed by atoms with Crippen molar-refractivity contribution < 1.29 is 23.4 Å². The molecule has 0 spiro atoms. The molecular formula is C15H21F2NO3. The summed E-state index contributed by atoms with van der Waals surface area (Å²) in [5, 5.41) is 11.8. The van der Waals surface area contributed by atoms with E-state index in [9.17, 15) is 18.7 Å². The molecule has 6 heteroatoms. The number of carbonyl (C=O) groups excluding carboxylic acids is 1. The van der Waals surface area contributed by atoms with E-state index in [0.717, 1.165) is 12.1 Å². The van der Waals surface area contributed by atoms with E-state index in [-0.39, 0.29) is 6.54 Å². The molecule has 21 heavy (non-hydrogen) atoms. The maximum atomic E-state index is 14.0. The molecule has 0 aromatic heterocycles. The van der Waals surface area contributed by atoms with E-state index < -0.39 is 28.9 Å². The summed E-state index contributed by atoms with van der Waals surface area (Å²) in [4.78, 5) is 11.6. The summed E-state index contributed by atoms with van der Waals surface area (Å²) in [6.45, 7) is 5.04. The van der Waals surface area contributed by atoms with Gasteiger partial charge in [-0.15, -0.1) is 0 Å². The highest BCUT2D eigenvalue weighted by Crippen LogP contribution is 2.29. The minimum absolute atomic E-state index is 0.228. The summed E-state index contributed by atoms with van der Waals surface area (Å²) in [5.41, 5.74) is -0.922. The largest absolute Gasteiger partial charge is 0.497 e. The van der Waals surface area contributed by atoms with Gasteiger partial charge in [0.1, 0.15) is 5.75 Å². The van der Waals surface area contributed by atoms with Crippen LogP contribution in [-0.2, 0) is 10.7 Å². The predicted octanol–water partition coefficient (Wildman–Crippen LogP) is 2.31. The van der Waals surface area contributed by atoms with Crippen LogP contribution in [-0.4, -0.2) is 30.8 Å². The molecule has 1 amide bonds. The lowest BCUT2D eigenvalue weighted by Gasteiger charge is -2.26. The fourth-order valence-corrected chi connectivity index (χ4v) is 1.54. The summed E-state index contributed by atoms with van der Waals surface area (Å²) in [6, 6.07) is 5.00. The molecule has 1 rings (SSSR count). The third-order valence-corrected chi connectivity index (χ3v) is 3.19. The molecule has 0 saturated carbocycles. The van der Waals surface area contributed by atoms with Gasteiger partial charge in [0.05, 0.1) is 13.2 Å². The maximum absolute atomic E-state index is 14.0. The monoisotopic (exact) mass is 301 g/mol. The van der Waals surface area contributed by atoms with Gasteiger partial charge in [0.15, 0.2) is 0 Å². The van der Waals surface area contributed by atoms with E-state index in [2.05, 4.69) is 5.32 Å². The topological polar surface area (TPSA) is 58.6 Å². The summed E-state index contributed by atoms with van der Waals surface area (Å²) in [7, 11) is 1.42. The van der Waals surface area contributed by atoms with Crippen LogP contribution >= 0.6 is 0 Å². The van der Waals surface area contributed by atoms with Gasteiger partial charge in [0, 0.05) is 12.1 Å². The molecule has 0 saturated heterocycles. The molecule has 0 heterocycles. The van der Waals surface area contributed by atoms with E-state index in [0.29, 0.717) is 5.75 Å². The molecule has 4 nitrogen and oxygen atoms in total. The summed E-state index contributed by atoms with van der Waals surface area (Å²) in [5.74, 6) is -4.67. The standard InChI is InChI=1S/C15H21F2NO3/c1-14(2,3)12(19)9-18-13(20)15(16,17)10-5-7-11(21-4)8-6-10/h5-8,12,19H,9H2,1-4H3,(H,18,20). The first-order chi connectivity index (χ1) is 9.59. The zero-order valence-electron chi connectivity index (χ0n) is 12.6. The molecule has 1 unspecified atom stereocenters. The van der Waals surface area contributed by atoms with Crippen LogP contribution in [0.2, 0.25) is 0 Å². The molecule has 1 aromatic carbocycles. The fourth-order valence-electron chi connectivity index (χ4n) is 1.54. The average Bonchev–Trinajstić information content (AvgIpc) is 2.43. The number of amides is 1. The van der Waals surface area contributed by atoms with Crippen LogP contribution in [0.25, 0.3) is 0 Å². The number of methoxy groups -OCH3 is 1. The van der Waals surface area contributed by atoms with Gasteiger partial charge >= 0.3 is 5.92 Å². The Morgan fingerprint density at radius 1 is 1.29 bits per heavy atom. The first-order valence-electron chi connectivity index (χ1n) is 6.57. The number of ether oxygens (including phenoxy) is 1. The van der Waals surface area contributed by atoms with E-state index in [1.807, 2.05) is 0 Å². The molecule has 0 aliphatic carbocycles. The molecular weight excluding hydrogens is 280 g/mol. The van der Waals surface area contributed by atoms with Crippen molar-refractivity contribution >= 4 is 5.91 Å². The number of nitrogens with one attached hydrogen (secondary N) is 1. The summed E-state index contributed by atoms with van der Waals surface area (Å²) >= 11 is 0. The number of rotatable bonds is 5. The minimum Gasteiger partial charge on any atom is -0.497 e. The van der Waals surface area contributed by atoms with Crippen molar-refractivity contribution in [3.05, 3.63) is 29.8 Å². The van der Waals surface area contributed by atoms with E-state index in [1.165, 1.54) is 19.2 Å². The van der Waals surface area contributed by atoms with Gasteiger partial charge in [-0.05, 0) is 29.7 Å². The first kappa shape index (κ1) is 17.4. The van der Waals surface area contributed by atoms with Gasteiger partial charge in [0.2, 0.25) is 0 Å². The number of benzene rings is 1. The third-order valence-electron chi connectivity index (χ3n) is 3.19. The van der Waals surface area contributed by atoms with Crippen LogP contribution in [0.1, 0.15) is 26.3 Å². The first-order valence-corrected chi connectivity index (χ1v) is 6.57. The van der Waals surface area contributed by atoms with Gasteiger partial charge < -0.3 is 15.2 Å². The Hall–Kier alpha value is -1.69. The quantitative estimate of drug-likeness (QED) is 0.877. The highest BCUT2D eigenvalue weighted by atomic mass is 19.3. The molecule has 0 radical (unpaired) electrons. The Balaban J connectivity index is 2.74. The summed E-state index contributed by atoms with van der Waals surface area (Å²) < 4.78 is 32.9. The van der Waals surface area contributed by atoms with Crippen molar-refractivity contribution in [2.24, 2.45) is 5.41 Å². The van der Waals surface area contributed by atoms with E-state index >= 15 is 0 Å². The Bertz CT molecular complexity index is 481. The zero-order valence-corrected chi connectivity index (χ0v) is 12.6. The minimum atomic E-state index is -3.66. The smallest absolute Gasteiger partial charge is 0.349 e. The second-order valence-corrected chi connectivity index (χ2v) is 5.89. The van der Waals surface area contributed by atoms with Gasteiger partial charge in [-0.25, -0.2) is 0 Å². The Morgan fingerprint density at radius 3 is 2.24 bits per heavy atom. The lowest BCUT2D eigenvalue weighted by Crippen LogP contribution is -2.44. The van der Waals surface area contributed by atoms with Crippen LogP contribution in [0, 0.1) is 5.41 Å². The molecule has 118 valence electrons. The number of halogens is 2. The second kappa shape index (κ2) is 6.39. The molecule has 0 aliphatic rings. The summed E-state index contributed by atoms with van der Waals surface area (Å²) in [6.07, 6.45) is -0.909. The number of hydrogen-bond acceptors (Lipinski definition) is 3. The van der Waals surface area contributed by atoms with Crippen LogP contribution in [0.4, 0.5) is 8.78 Å². The molecule has 0 aliphatic heterocycles. The molecule has 0 fully saturated rings. The van der Waals surface area contributed by atoms with Crippen LogP contribution in [0.15, 0.2) is 24.3 Å². The van der Waals surface area contributed by atoms with E-state index in [4.69, 9.17) is 4.74 Å². The average molecular weight is 301 g/mol. The van der Waals surface area contributed by atoms with E-state index in [1.54, 1.807) is 20.8 Å². The van der Waals surface area contributed by atoms with Crippen LogP contribution in [0.5, 0.6) is 5.75 Å². The van der Waals surface area contributed by atoms with Gasteiger partial charge in [-0.1, -0.05) is 20.8 Å². The Morgan fingerprint density at radius 2 is 1.81 bits per heavy atom. The molecule has 1 aromatic rings. The van der Waals surface area contributed by atoms with Crippen LogP contribution < -0.4 is 10.1 Å². The Kier molecular flexibility index (Phi) is 5.28.